The third-order valence-corrected chi connectivity index (χ3v) is 5.21. The van der Waals surface area contributed by atoms with Crippen molar-refractivity contribution < 1.29 is 14.3 Å². The number of benzene rings is 2. The summed E-state index contributed by atoms with van der Waals surface area (Å²) >= 11 is 0. The molecule has 1 fully saturated rings. The molecular formula is C25H23N5O3. The summed E-state index contributed by atoms with van der Waals surface area (Å²) in [4.78, 5) is 24.4. The minimum Gasteiger partial charge on any atom is -0.489 e. The molecule has 1 saturated heterocycles. The minimum atomic E-state index is -0.0290. The molecule has 0 amide bonds. The molecule has 1 aromatic heterocycles. The summed E-state index contributed by atoms with van der Waals surface area (Å²) in [5.41, 5.74) is 2.79. The van der Waals surface area contributed by atoms with Crippen LogP contribution in [0.5, 0.6) is 5.75 Å². The smallest absolute Gasteiger partial charge is 0.230 e. The van der Waals surface area contributed by atoms with Crippen LogP contribution in [0.1, 0.15) is 24.0 Å². The lowest BCUT2D eigenvalue weighted by molar-refractivity contribution is -0.114. The average Bonchev–Trinajstić information content (AvgIpc) is 2.86. The van der Waals surface area contributed by atoms with Gasteiger partial charge in [0.15, 0.2) is 11.6 Å². The Hall–Kier alpha value is -4.09. The van der Waals surface area contributed by atoms with Crippen LogP contribution in [0.3, 0.4) is 0 Å². The highest BCUT2D eigenvalue weighted by molar-refractivity contribution is 5.90. The Balaban J connectivity index is 1.48. The predicted molar refractivity (Wildman–Crippen MR) is 123 cm³/mol. The highest BCUT2D eigenvalue weighted by Gasteiger charge is 2.18. The molecule has 4 rings (SSSR count). The van der Waals surface area contributed by atoms with E-state index in [1.54, 1.807) is 12.1 Å². The number of allylic oxidation sites excluding steroid dienone is 1. The first-order valence-corrected chi connectivity index (χ1v) is 10.6. The van der Waals surface area contributed by atoms with Gasteiger partial charge in [-0.1, -0.05) is 18.7 Å². The zero-order valence-corrected chi connectivity index (χ0v) is 18.0. The highest BCUT2D eigenvalue weighted by Crippen LogP contribution is 2.27. The molecule has 166 valence electrons. The highest BCUT2D eigenvalue weighted by atomic mass is 16.5. The van der Waals surface area contributed by atoms with E-state index in [-0.39, 0.29) is 11.9 Å². The van der Waals surface area contributed by atoms with E-state index < -0.39 is 0 Å². The summed E-state index contributed by atoms with van der Waals surface area (Å²) in [7, 11) is 0. The molecule has 0 spiro atoms. The number of carbonyl (C=O) groups is 1. The first kappa shape index (κ1) is 22.1. The Bertz CT molecular complexity index is 1180. The van der Waals surface area contributed by atoms with Gasteiger partial charge in [-0.15, -0.1) is 0 Å². The van der Waals surface area contributed by atoms with E-state index in [0.717, 1.165) is 24.1 Å². The van der Waals surface area contributed by atoms with E-state index in [1.165, 1.54) is 12.4 Å². The van der Waals surface area contributed by atoms with Crippen molar-refractivity contribution in [3.8, 4) is 23.2 Å². The van der Waals surface area contributed by atoms with Gasteiger partial charge in [0.2, 0.25) is 5.95 Å². The van der Waals surface area contributed by atoms with Gasteiger partial charge in [0.05, 0.1) is 18.8 Å². The Morgan fingerprint density at radius 1 is 1.21 bits per heavy atom. The van der Waals surface area contributed by atoms with Gasteiger partial charge in [0.25, 0.3) is 0 Å². The van der Waals surface area contributed by atoms with E-state index in [4.69, 9.17) is 9.47 Å². The fraction of sp³-hybridized carbons (Fsp3) is 0.240. The Labute approximate surface area is 191 Å². The second-order valence-corrected chi connectivity index (χ2v) is 7.55. The normalized spacial score (nSPS) is 13.7. The lowest BCUT2D eigenvalue weighted by Crippen LogP contribution is -2.26. The second kappa shape index (κ2) is 10.5. The average molecular weight is 441 g/mol. The van der Waals surface area contributed by atoms with E-state index in [1.807, 2.05) is 30.3 Å². The predicted octanol–water partition coefficient (Wildman–Crippen LogP) is 4.01. The monoisotopic (exact) mass is 441 g/mol. The summed E-state index contributed by atoms with van der Waals surface area (Å²) in [5.74, 6) is 1.33. The number of rotatable bonds is 8. The first-order valence-electron chi connectivity index (χ1n) is 10.6. The third-order valence-electron chi connectivity index (χ3n) is 5.21. The Morgan fingerprint density at radius 3 is 2.73 bits per heavy atom. The van der Waals surface area contributed by atoms with Crippen LogP contribution in [0.4, 0.5) is 11.6 Å². The van der Waals surface area contributed by atoms with Gasteiger partial charge in [0, 0.05) is 30.5 Å². The summed E-state index contributed by atoms with van der Waals surface area (Å²) in [6.45, 7) is 4.83. The fourth-order valence-corrected chi connectivity index (χ4v) is 3.44. The number of ketones is 1. The number of aromatic nitrogens is 3. The number of hydrogen-bond acceptors (Lipinski definition) is 8. The summed E-state index contributed by atoms with van der Waals surface area (Å²) < 4.78 is 11.4. The van der Waals surface area contributed by atoms with Gasteiger partial charge in [-0.25, -0.2) is 9.97 Å². The summed E-state index contributed by atoms with van der Waals surface area (Å²) in [6.07, 6.45) is 4.71. The standard InChI is InChI=1S/C25H23N5O3/c1-2-21(31)13-17-3-6-20(7-4-17)29-25-28-16-27-24(30-25)18-5-8-23(19(14-18)15-26)33-22-9-11-32-12-10-22/h2-8,14,16,22H,1,9-13H2,(H,27,28,29,30). The molecule has 0 atom stereocenters. The van der Waals surface area contributed by atoms with E-state index in [0.29, 0.717) is 48.3 Å². The van der Waals surface area contributed by atoms with Gasteiger partial charge >= 0.3 is 0 Å². The molecule has 1 aliphatic heterocycles. The molecule has 0 saturated carbocycles. The van der Waals surface area contributed by atoms with Crippen molar-refractivity contribution in [3.05, 3.63) is 72.6 Å². The van der Waals surface area contributed by atoms with Gasteiger partial charge in [-0.3, -0.25) is 4.79 Å². The molecule has 1 aliphatic rings. The molecule has 8 heteroatoms. The molecule has 0 bridgehead atoms. The molecule has 0 aliphatic carbocycles. The SMILES string of the molecule is C=CC(=O)Cc1ccc(Nc2ncnc(-c3ccc(OC4CCOCC4)c(C#N)c3)n2)cc1. The van der Waals surface area contributed by atoms with Crippen molar-refractivity contribution in [2.24, 2.45) is 0 Å². The van der Waals surface area contributed by atoms with E-state index >= 15 is 0 Å². The lowest BCUT2D eigenvalue weighted by atomic mass is 10.1. The van der Waals surface area contributed by atoms with Crippen LogP contribution in [0.15, 0.2) is 61.4 Å². The summed E-state index contributed by atoms with van der Waals surface area (Å²) in [6, 6.07) is 15.0. The van der Waals surface area contributed by atoms with Crippen molar-refractivity contribution in [2.75, 3.05) is 18.5 Å². The third kappa shape index (κ3) is 5.79. The number of nitrogens with zero attached hydrogens (tertiary/aromatic N) is 4. The molecule has 8 nitrogen and oxygen atoms in total. The van der Waals surface area contributed by atoms with Crippen molar-refractivity contribution in [2.45, 2.75) is 25.4 Å². The van der Waals surface area contributed by atoms with Crippen LogP contribution >= 0.6 is 0 Å². The van der Waals surface area contributed by atoms with Crippen molar-refractivity contribution in [1.82, 2.24) is 15.0 Å². The van der Waals surface area contributed by atoms with Crippen molar-refractivity contribution >= 4 is 17.4 Å². The maximum absolute atomic E-state index is 11.5. The molecule has 0 radical (unpaired) electrons. The summed E-state index contributed by atoms with van der Waals surface area (Å²) in [5, 5.41) is 12.7. The fourth-order valence-electron chi connectivity index (χ4n) is 3.44. The van der Waals surface area contributed by atoms with Crippen LogP contribution in [0, 0.1) is 11.3 Å². The van der Waals surface area contributed by atoms with Crippen LogP contribution in [0.25, 0.3) is 11.4 Å². The Kier molecular flexibility index (Phi) is 7.03. The minimum absolute atomic E-state index is 0.0290. The number of nitriles is 1. The van der Waals surface area contributed by atoms with Gasteiger partial charge in [0.1, 0.15) is 24.3 Å². The van der Waals surface area contributed by atoms with Crippen LogP contribution in [-0.2, 0) is 16.0 Å². The molecule has 2 aromatic carbocycles. The van der Waals surface area contributed by atoms with Gasteiger partial charge in [-0.05, 0) is 42.0 Å². The van der Waals surface area contributed by atoms with Gasteiger partial charge < -0.3 is 14.8 Å². The van der Waals surface area contributed by atoms with Gasteiger partial charge in [-0.2, -0.15) is 10.2 Å². The number of nitrogens with one attached hydrogen (secondary N) is 1. The maximum Gasteiger partial charge on any atom is 0.230 e. The topological polar surface area (TPSA) is 110 Å². The lowest BCUT2D eigenvalue weighted by Gasteiger charge is -2.23. The zero-order valence-electron chi connectivity index (χ0n) is 18.0. The van der Waals surface area contributed by atoms with Crippen molar-refractivity contribution in [3.63, 3.8) is 0 Å². The number of carbonyl (C=O) groups excluding carboxylic acids is 1. The van der Waals surface area contributed by atoms with E-state index in [9.17, 15) is 10.1 Å². The molecule has 33 heavy (non-hydrogen) atoms. The quantitative estimate of drug-likeness (QED) is 0.522. The van der Waals surface area contributed by atoms with Crippen LogP contribution in [-0.4, -0.2) is 40.1 Å². The first-order chi connectivity index (χ1) is 16.1. The largest absolute Gasteiger partial charge is 0.489 e. The van der Waals surface area contributed by atoms with Crippen molar-refractivity contribution in [1.29, 1.82) is 5.26 Å². The molecule has 0 unspecified atom stereocenters. The number of ether oxygens (including phenoxy) is 2. The maximum atomic E-state index is 11.5. The zero-order chi connectivity index (χ0) is 23.0. The molecule has 1 N–H and O–H groups in total. The number of hydrogen-bond donors (Lipinski definition) is 1. The molecule has 2 heterocycles. The Morgan fingerprint density at radius 2 is 2.00 bits per heavy atom. The van der Waals surface area contributed by atoms with E-state index in [2.05, 4.69) is 32.9 Å². The number of anilines is 2. The molecular weight excluding hydrogens is 418 g/mol. The van der Waals surface area contributed by atoms with Crippen LogP contribution < -0.4 is 10.1 Å². The molecule has 3 aromatic rings. The van der Waals surface area contributed by atoms with Crippen LogP contribution in [0.2, 0.25) is 0 Å². The second-order valence-electron chi connectivity index (χ2n) is 7.55.